The zero-order valence-corrected chi connectivity index (χ0v) is 12.3. The van der Waals surface area contributed by atoms with E-state index < -0.39 is 0 Å². The van der Waals surface area contributed by atoms with Crippen molar-refractivity contribution in [1.29, 1.82) is 0 Å². The lowest BCUT2D eigenvalue weighted by molar-refractivity contribution is 0.218. The third-order valence-corrected chi connectivity index (χ3v) is 4.27. The van der Waals surface area contributed by atoms with Gasteiger partial charge < -0.3 is 15.5 Å². The second kappa shape index (κ2) is 6.72. The molecule has 0 bridgehead atoms. The molecule has 1 aliphatic rings. The summed E-state index contributed by atoms with van der Waals surface area (Å²) in [6.45, 7) is 15.1. The number of piperazine rings is 1. The zero-order valence-electron chi connectivity index (χ0n) is 12.3. The Morgan fingerprint density at radius 1 is 1.41 bits per heavy atom. The fourth-order valence-corrected chi connectivity index (χ4v) is 2.08. The number of likely N-dealkylation sites (N-methyl/N-ethyl adjacent to an activating group) is 1. The topological polar surface area (TPSA) is 27.3 Å². The molecule has 0 aromatic heterocycles. The Bertz CT molecular complexity index is 214. The molecule has 1 unspecified atom stereocenters. The molecule has 1 saturated heterocycles. The average molecular weight is 241 g/mol. The van der Waals surface area contributed by atoms with Crippen molar-refractivity contribution in [3.63, 3.8) is 0 Å². The van der Waals surface area contributed by atoms with Gasteiger partial charge in [-0.1, -0.05) is 27.7 Å². The first-order chi connectivity index (χ1) is 7.92. The van der Waals surface area contributed by atoms with Crippen LogP contribution in [0.25, 0.3) is 0 Å². The number of hydrogen-bond donors (Lipinski definition) is 2. The third-order valence-electron chi connectivity index (χ3n) is 4.27. The minimum Gasteiger partial charge on any atom is -0.316 e. The van der Waals surface area contributed by atoms with Crippen molar-refractivity contribution in [3.8, 4) is 0 Å². The van der Waals surface area contributed by atoms with Crippen LogP contribution in [0.2, 0.25) is 0 Å². The maximum atomic E-state index is 3.61. The first-order valence-corrected chi connectivity index (χ1v) is 7.04. The molecule has 17 heavy (non-hydrogen) atoms. The highest BCUT2D eigenvalue weighted by atomic mass is 15.2. The van der Waals surface area contributed by atoms with Gasteiger partial charge in [-0.05, 0) is 31.3 Å². The summed E-state index contributed by atoms with van der Waals surface area (Å²) in [4.78, 5) is 2.42. The van der Waals surface area contributed by atoms with E-state index in [1.165, 1.54) is 19.5 Å². The van der Waals surface area contributed by atoms with Crippen LogP contribution in [0.1, 0.15) is 34.1 Å². The van der Waals surface area contributed by atoms with E-state index in [1.54, 1.807) is 0 Å². The van der Waals surface area contributed by atoms with E-state index in [-0.39, 0.29) is 0 Å². The minimum atomic E-state index is 0.400. The van der Waals surface area contributed by atoms with E-state index >= 15 is 0 Å². The summed E-state index contributed by atoms with van der Waals surface area (Å²) in [6.07, 6.45) is 1.23. The predicted octanol–water partition coefficient (Wildman–Crippen LogP) is 1.55. The Hall–Kier alpha value is -0.120. The monoisotopic (exact) mass is 241 g/mol. The Labute approximate surface area is 107 Å². The Kier molecular flexibility index (Phi) is 5.90. The molecule has 0 saturated carbocycles. The summed E-state index contributed by atoms with van der Waals surface area (Å²) >= 11 is 0. The van der Waals surface area contributed by atoms with E-state index in [1.807, 2.05) is 0 Å². The molecule has 0 aromatic carbocycles. The summed E-state index contributed by atoms with van der Waals surface area (Å²) < 4.78 is 0. The van der Waals surface area contributed by atoms with Gasteiger partial charge in [0.25, 0.3) is 0 Å². The lowest BCUT2D eigenvalue weighted by atomic mass is 9.81. The van der Waals surface area contributed by atoms with Crippen molar-refractivity contribution < 1.29 is 0 Å². The Morgan fingerprint density at radius 3 is 2.71 bits per heavy atom. The van der Waals surface area contributed by atoms with Crippen molar-refractivity contribution in [2.75, 3.05) is 39.8 Å². The van der Waals surface area contributed by atoms with Crippen molar-refractivity contribution in [3.05, 3.63) is 0 Å². The largest absolute Gasteiger partial charge is 0.316 e. The molecule has 0 aliphatic carbocycles. The lowest BCUT2D eigenvalue weighted by Gasteiger charge is -2.32. The molecule has 1 atom stereocenters. The molecule has 0 amide bonds. The van der Waals surface area contributed by atoms with Crippen molar-refractivity contribution >= 4 is 0 Å². The Balaban J connectivity index is 2.11. The third kappa shape index (κ3) is 5.36. The smallest absolute Gasteiger partial charge is 0.0207 e. The first kappa shape index (κ1) is 14.9. The zero-order chi connectivity index (χ0) is 12.9. The molecule has 3 nitrogen and oxygen atoms in total. The first-order valence-electron chi connectivity index (χ1n) is 7.04. The van der Waals surface area contributed by atoms with Gasteiger partial charge in [-0.15, -0.1) is 0 Å². The van der Waals surface area contributed by atoms with Gasteiger partial charge in [-0.3, -0.25) is 0 Å². The number of rotatable bonds is 6. The summed E-state index contributed by atoms with van der Waals surface area (Å²) in [5, 5.41) is 7.20. The second-order valence-corrected chi connectivity index (χ2v) is 6.52. The molecule has 1 fully saturated rings. The number of nitrogens with one attached hydrogen (secondary N) is 2. The van der Waals surface area contributed by atoms with Crippen molar-refractivity contribution in [1.82, 2.24) is 15.5 Å². The Morgan fingerprint density at radius 2 is 2.12 bits per heavy atom. The van der Waals surface area contributed by atoms with E-state index in [2.05, 4.69) is 50.3 Å². The van der Waals surface area contributed by atoms with Crippen LogP contribution in [0.5, 0.6) is 0 Å². The normalized spacial score (nSPS) is 23.3. The molecule has 0 spiro atoms. The summed E-state index contributed by atoms with van der Waals surface area (Å²) in [5.74, 6) is 0.730. The van der Waals surface area contributed by atoms with Gasteiger partial charge in [0.2, 0.25) is 0 Å². The minimum absolute atomic E-state index is 0.400. The van der Waals surface area contributed by atoms with E-state index in [9.17, 15) is 0 Å². The van der Waals surface area contributed by atoms with Gasteiger partial charge in [0.15, 0.2) is 0 Å². The van der Waals surface area contributed by atoms with Crippen LogP contribution >= 0.6 is 0 Å². The van der Waals surface area contributed by atoms with Gasteiger partial charge in [-0.25, -0.2) is 0 Å². The van der Waals surface area contributed by atoms with Gasteiger partial charge in [0.05, 0.1) is 0 Å². The molecule has 0 radical (unpaired) electrons. The molecular weight excluding hydrogens is 210 g/mol. The highest BCUT2D eigenvalue weighted by Crippen LogP contribution is 2.24. The van der Waals surface area contributed by atoms with Crippen LogP contribution in [-0.4, -0.2) is 50.7 Å². The maximum absolute atomic E-state index is 3.61. The predicted molar refractivity (Wildman–Crippen MR) is 75.4 cm³/mol. The number of nitrogens with zero attached hydrogens (tertiary/aromatic N) is 1. The molecule has 1 rings (SSSR count). The summed E-state index contributed by atoms with van der Waals surface area (Å²) in [7, 11) is 2.21. The van der Waals surface area contributed by atoms with Gasteiger partial charge in [0.1, 0.15) is 0 Å². The summed E-state index contributed by atoms with van der Waals surface area (Å²) in [6, 6.07) is 0.670. The molecule has 1 aliphatic heterocycles. The van der Waals surface area contributed by atoms with E-state index in [0.717, 1.165) is 25.6 Å². The van der Waals surface area contributed by atoms with Crippen LogP contribution < -0.4 is 10.6 Å². The van der Waals surface area contributed by atoms with Gasteiger partial charge in [0, 0.05) is 32.2 Å². The quantitative estimate of drug-likeness (QED) is 0.691. The number of hydrogen-bond acceptors (Lipinski definition) is 3. The van der Waals surface area contributed by atoms with E-state index in [0.29, 0.717) is 11.5 Å². The van der Waals surface area contributed by atoms with Gasteiger partial charge in [-0.2, -0.15) is 0 Å². The van der Waals surface area contributed by atoms with Crippen LogP contribution in [0, 0.1) is 11.3 Å². The average Bonchev–Trinajstić information content (AvgIpc) is 2.24. The summed E-state index contributed by atoms with van der Waals surface area (Å²) in [5.41, 5.74) is 0.400. The fraction of sp³-hybridized carbons (Fsp3) is 1.00. The van der Waals surface area contributed by atoms with E-state index in [4.69, 9.17) is 0 Å². The molecular formula is C14H31N3. The molecule has 0 aromatic rings. The van der Waals surface area contributed by atoms with Crippen LogP contribution in [0.15, 0.2) is 0 Å². The van der Waals surface area contributed by atoms with Crippen LogP contribution in [-0.2, 0) is 0 Å². The maximum Gasteiger partial charge on any atom is 0.0207 e. The van der Waals surface area contributed by atoms with Crippen molar-refractivity contribution in [2.24, 2.45) is 11.3 Å². The SMILES string of the molecule is CC(C)C(C)(C)CNCCC1CN(C)CCN1. The molecule has 102 valence electrons. The van der Waals surface area contributed by atoms with Crippen LogP contribution in [0.3, 0.4) is 0 Å². The van der Waals surface area contributed by atoms with Crippen molar-refractivity contribution in [2.45, 2.75) is 40.2 Å². The molecule has 2 N–H and O–H groups in total. The highest BCUT2D eigenvalue weighted by molar-refractivity contribution is 4.79. The highest BCUT2D eigenvalue weighted by Gasteiger charge is 2.22. The molecule has 3 heteroatoms. The van der Waals surface area contributed by atoms with Gasteiger partial charge >= 0.3 is 0 Å². The second-order valence-electron chi connectivity index (χ2n) is 6.52. The fourth-order valence-electron chi connectivity index (χ4n) is 2.08. The standard InChI is InChI=1S/C14H31N3/c1-12(2)14(3,4)11-15-7-6-13-10-17(5)9-8-16-13/h12-13,15-16H,6-11H2,1-5H3. The molecule has 1 heterocycles. The van der Waals surface area contributed by atoms with Crippen LogP contribution in [0.4, 0.5) is 0 Å². The lowest BCUT2D eigenvalue weighted by Crippen LogP contribution is -2.50.